The van der Waals surface area contributed by atoms with Gasteiger partial charge in [-0.25, -0.2) is 23.1 Å². The van der Waals surface area contributed by atoms with E-state index in [1.54, 1.807) is 24.3 Å². The Hall–Kier alpha value is -3.75. The fraction of sp³-hybridized carbons (Fsp3) is 0.0526. The van der Waals surface area contributed by atoms with Crippen molar-refractivity contribution in [1.29, 1.82) is 0 Å². The van der Waals surface area contributed by atoms with E-state index in [2.05, 4.69) is 20.6 Å². The molecule has 0 saturated heterocycles. The van der Waals surface area contributed by atoms with Crippen molar-refractivity contribution in [3.05, 3.63) is 77.5 Å². The lowest BCUT2D eigenvalue weighted by molar-refractivity contribution is 0.101. The Labute approximate surface area is 157 Å². The van der Waals surface area contributed by atoms with Gasteiger partial charge in [0, 0.05) is 11.3 Å². The standard InChI is InChI=1S/C19H13F3N4O2/c1-10(27)11-3-2-4-12(7-11)25-16-9-23-15(8-24-16)19(28)26-14-6-5-13(20)17(21)18(14)22/h2-9H,1H3,(H,24,25)(H,26,28). The van der Waals surface area contributed by atoms with Crippen molar-refractivity contribution >= 4 is 28.9 Å². The topological polar surface area (TPSA) is 84.0 Å². The highest BCUT2D eigenvalue weighted by Gasteiger charge is 2.17. The molecule has 0 atom stereocenters. The molecule has 1 amide bonds. The van der Waals surface area contributed by atoms with Crippen molar-refractivity contribution in [2.75, 3.05) is 10.6 Å². The van der Waals surface area contributed by atoms with E-state index in [0.717, 1.165) is 12.3 Å². The number of Topliss-reactive ketones (excluding diaryl/α,β-unsaturated/α-hetero) is 1. The average molecular weight is 386 g/mol. The van der Waals surface area contributed by atoms with E-state index in [-0.39, 0.29) is 11.5 Å². The van der Waals surface area contributed by atoms with Crippen LogP contribution in [-0.2, 0) is 0 Å². The van der Waals surface area contributed by atoms with E-state index in [4.69, 9.17) is 0 Å². The van der Waals surface area contributed by atoms with Crippen LogP contribution in [0.25, 0.3) is 0 Å². The van der Waals surface area contributed by atoms with Gasteiger partial charge in [0.1, 0.15) is 11.5 Å². The number of rotatable bonds is 5. The largest absolute Gasteiger partial charge is 0.339 e. The Morgan fingerprint density at radius 1 is 0.964 bits per heavy atom. The predicted octanol–water partition coefficient (Wildman–Crippen LogP) is 4.09. The summed E-state index contributed by atoms with van der Waals surface area (Å²) >= 11 is 0. The summed E-state index contributed by atoms with van der Waals surface area (Å²) in [7, 11) is 0. The van der Waals surface area contributed by atoms with Crippen molar-refractivity contribution in [3.8, 4) is 0 Å². The number of hydrogen-bond acceptors (Lipinski definition) is 5. The molecule has 1 heterocycles. The molecule has 0 unspecified atom stereocenters. The van der Waals surface area contributed by atoms with E-state index < -0.39 is 29.0 Å². The molecule has 9 heteroatoms. The lowest BCUT2D eigenvalue weighted by Crippen LogP contribution is -2.16. The van der Waals surface area contributed by atoms with Crippen LogP contribution in [0.4, 0.5) is 30.4 Å². The summed E-state index contributed by atoms with van der Waals surface area (Å²) in [5, 5.41) is 5.03. The predicted molar refractivity (Wildman–Crippen MR) is 96.0 cm³/mol. The maximum atomic E-state index is 13.6. The molecule has 0 saturated carbocycles. The van der Waals surface area contributed by atoms with E-state index in [9.17, 15) is 22.8 Å². The van der Waals surface area contributed by atoms with Crippen LogP contribution in [0, 0.1) is 17.5 Å². The first-order chi connectivity index (χ1) is 13.3. The summed E-state index contributed by atoms with van der Waals surface area (Å²) in [6, 6.07) is 8.32. The molecule has 1 aromatic heterocycles. The molecule has 0 radical (unpaired) electrons. The Morgan fingerprint density at radius 3 is 2.43 bits per heavy atom. The van der Waals surface area contributed by atoms with Gasteiger partial charge < -0.3 is 10.6 Å². The third-order valence-electron chi connectivity index (χ3n) is 3.71. The van der Waals surface area contributed by atoms with Crippen LogP contribution < -0.4 is 10.6 Å². The van der Waals surface area contributed by atoms with Crippen LogP contribution in [0.3, 0.4) is 0 Å². The molecular weight excluding hydrogens is 373 g/mol. The summed E-state index contributed by atoms with van der Waals surface area (Å²) in [5.41, 5.74) is 0.437. The normalized spacial score (nSPS) is 10.4. The molecule has 28 heavy (non-hydrogen) atoms. The third kappa shape index (κ3) is 4.14. The van der Waals surface area contributed by atoms with E-state index in [0.29, 0.717) is 23.1 Å². The van der Waals surface area contributed by atoms with Crippen LogP contribution in [0.1, 0.15) is 27.8 Å². The lowest BCUT2D eigenvalue weighted by atomic mass is 10.1. The van der Waals surface area contributed by atoms with E-state index in [1.807, 2.05) is 0 Å². The molecule has 0 fully saturated rings. The fourth-order valence-electron chi connectivity index (χ4n) is 2.28. The molecule has 0 spiro atoms. The summed E-state index contributed by atoms with van der Waals surface area (Å²) in [6.07, 6.45) is 2.39. The highest BCUT2D eigenvalue weighted by Crippen LogP contribution is 2.20. The van der Waals surface area contributed by atoms with Crippen LogP contribution in [0.2, 0.25) is 0 Å². The van der Waals surface area contributed by atoms with Crippen LogP contribution in [0.15, 0.2) is 48.8 Å². The molecule has 3 rings (SSSR count). The number of nitrogens with zero attached hydrogens (tertiary/aromatic N) is 2. The number of halogens is 3. The minimum Gasteiger partial charge on any atom is -0.339 e. The summed E-state index contributed by atoms with van der Waals surface area (Å²) < 4.78 is 39.8. The number of ketones is 1. The molecular formula is C19H13F3N4O2. The average Bonchev–Trinajstić information content (AvgIpc) is 2.69. The van der Waals surface area contributed by atoms with Gasteiger partial charge in [0.15, 0.2) is 23.2 Å². The van der Waals surface area contributed by atoms with E-state index >= 15 is 0 Å². The molecule has 3 aromatic rings. The van der Waals surface area contributed by atoms with Crippen LogP contribution in [-0.4, -0.2) is 21.7 Å². The number of carbonyl (C=O) groups is 2. The summed E-state index contributed by atoms with van der Waals surface area (Å²) in [6.45, 7) is 1.45. The minimum atomic E-state index is -1.68. The second kappa shape index (κ2) is 7.87. The van der Waals surface area contributed by atoms with Crippen molar-refractivity contribution in [2.24, 2.45) is 0 Å². The fourth-order valence-corrected chi connectivity index (χ4v) is 2.28. The van der Waals surface area contributed by atoms with Gasteiger partial charge in [0.2, 0.25) is 0 Å². The zero-order valence-corrected chi connectivity index (χ0v) is 14.5. The zero-order chi connectivity index (χ0) is 20.3. The first kappa shape index (κ1) is 19.0. The van der Waals surface area contributed by atoms with Crippen molar-refractivity contribution in [3.63, 3.8) is 0 Å². The van der Waals surface area contributed by atoms with Gasteiger partial charge in [-0.2, -0.15) is 0 Å². The molecule has 2 N–H and O–H groups in total. The van der Waals surface area contributed by atoms with Gasteiger partial charge in [-0.05, 0) is 31.2 Å². The van der Waals surface area contributed by atoms with E-state index in [1.165, 1.54) is 13.1 Å². The van der Waals surface area contributed by atoms with Crippen LogP contribution >= 0.6 is 0 Å². The zero-order valence-electron chi connectivity index (χ0n) is 14.5. The molecule has 0 aliphatic heterocycles. The SMILES string of the molecule is CC(=O)c1cccc(Nc2cnc(C(=O)Nc3ccc(F)c(F)c3F)cn2)c1. The smallest absolute Gasteiger partial charge is 0.275 e. The number of carbonyl (C=O) groups excluding carboxylic acids is 2. The Bertz CT molecular complexity index is 1060. The molecule has 0 aliphatic carbocycles. The summed E-state index contributed by atoms with van der Waals surface area (Å²) in [4.78, 5) is 31.4. The number of benzene rings is 2. The number of anilines is 3. The Balaban J connectivity index is 1.72. The van der Waals surface area contributed by atoms with Gasteiger partial charge in [0.05, 0.1) is 18.1 Å². The van der Waals surface area contributed by atoms with Gasteiger partial charge in [-0.15, -0.1) is 0 Å². The summed E-state index contributed by atoms with van der Waals surface area (Å²) in [5.74, 6) is -5.19. The number of aromatic nitrogens is 2. The van der Waals surface area contributed by atoms with Gasteiger partial charge >= 0.3 is 0 Å². The first-order valence-corrected chi connectivity index (χ1v) is 8.00. The highest BCUT2D eigenvalue weighted by molar-refractivity contribution is 6.02. The first-order valence-electron chi connectivity index (χ1n) is 8.00. The molecule has 2 aromatic carbocycles. The Kier molecular flexibility index (Phi) is 5.35. The number of nitrogens with one attached hydrogen (secondary N) is 2. The monoisotopic (exact) mass is 386 g/mol. The lowest BCUT2D eigenvalue weighted by Gasteiger charge is -2.08. The molecule has 6 nitrogen and oxygen atoms in total. The van der Waals surface area contributed by atoms with Gasteiger partial charge in [-0.3, -0.25) is 9.59 Å². The van der Waals surface area contributed by atoms with Crippen LogP contribution in [0.5, 0.6) is 0 Å². The maximum absolute atomic E-state index is 13.6. The van der Waals surface area contributed by atoms with Crippen molar-refractivity contribution < 1.29 is 22.8 Å². The van der Waals surface area contributed by atoms with Gasteiger partial charge in [0.25, 0.3) is 5.91 Å². The third-order valence-corrected chi connectivity index (χ3v) is 3.71. The second-order valence-electron chi connectivity index (χ2n) is 5.73. The minimum absolute atomic E-state index is 0.0915. The molecule has 0 bridgehead atoms. The molecule has 0 aliphatic rings. The second-order valence-corrected chi connectivity index (χ2v) is 5.73. The van der Waals surface area contributed by atoms with Crippen molar-refractivity contribution in [1.82, 2.24) is 9.97 Å². The maximum Gasteiger partial charge on any atom is 0.275 e. The number of amides is 1. The highest BCUT2D eigenvalue weighted by atomic mass is 19.2. The van der Waals surface area contributed by atoms with Crippen molar-refractivity contribution in [2.45, 2.75) is 6.92 Å². The Morgan fingerprint density at radius 2 is 1.75 bits per heavy atom. The number of hydrogen-bond donors (Lipinski definition) is 2. The molecule has 142 valence electrons. The van der Waals surface area contributed by atoms with Gasteiger partial charge in [-0.1, -0.05) is 12.1 Å². The quantitative estimate of drug-likeness (QED) is 0.510.